The minimum atomic E-state index is -2.94. The van der Waals surface area contributed by atoms with Crippen molar-refractivity contribution in [2.75, 3.05) is 0 Å². The maximum Gasteiger partial charge on any atom is 0.387 e. The maximum atomic E-state index is 11.9. The summed E-state index contributed by atoms with van der Waals surface area (Å²) in [6, 6.07) is 4.63. The van der Waals surface area contributed by atoms with Crippen molar-refractivity contribution in [3.05, 3.63) is 28.3 Å². The van der Waals surface area contributed by atoms with Crippen molar-refractivity contribution >= 4 is 11.6 Å². The summed E-state index contributed by atoms with van der Waals surface area (Å²) >= 11 is 5.68. The van der Waals surface area contributed by atoms with E-state index in [2.05, 4.69) is 4.74 Å². The molecule has 0 saturated carbocycles. The van der Waals surface area contributed by atoms with E-state index in [1.807, 2.05) is 6.07 Å². The number of alkyl halides is 2. The van der Waals surface area contributed by atoms with Gasteiger partial charge in [-0.1, -0.05) is 17.7 Å². The van der Waals surface area contributed by atoms with Crippen LogP contribution in [0.1, 0.15) is 11.1 Å². The molecule has 1 rings (SSSR count). The Labute approximate surface area is 84.7 Å². The van der Waals surface area contributed by atoms with Gasteiger partial charge in [-0.25, -0.2) is 0 Å². The van der Waals surface area contributed by atoms with Gasteiger partial charge in [0.15, 0.2) is 0 Å². The molecule has 2 nitrogen and oxygen atoms in total. The van der Waals surface area contributed by atoms with Crippen LogP contribution in [0.4, 0.5) is 8.78 Å². The molecule has 0 spiro atoms. The number of aryl methyl sites for hydroxylation is 1. The number of halogens is 3. The van der Waals surface area contributed by atoms with Gasteiger partial charge in [-0.05, 0) is 18.6 Å². The molecule has 0 aliphatic heterocycles. The van der Waals surface area contributed by atoms with Crippen molar-refractivity contribution in [2.24, 2.45) is 0 Å². The van der Waals surface area contributed by atoms with E-state index >= 15 is 0 Å². The SMILES string of the molecule is Cc1ccc(OC(F)F)c(Cl)c1C#N. The number of hydrogen-bond acceptors (Lipinski definition) is 2. The lowest BCUT2D eigenvalue weighted by Crippen LogP contribution is -2.03. The van der Waals surface area contributed by atoms with Crippen LogP contribution in [0.3, 0.4) is 0 Å². The molecule has 1 aromatic carbocycles. The van der Waals surface area contributed by atoms with E-state index in [0.717, 1.165) is 0 Å². The lowest BCUT2D eigenvalue weighted by Gasteiger charge is -2.08. The molecule has 0 heterocycles. The number of benzene rings is 1. The molecule has 5 heteroatoms. The van der Waals surface area contributed by atoms with Crippen molar-refractivity contribution in [3.8, 4) is 11.8 Å². The topological polar surface area (TPSA) is 33.0 Å². The fourth-order valence-corrected chi connectivity index (χ4v) is 1.28. The predicted molar refractivity (Wildman–Crippen MR) is 47.5 cm³/mol. The number of nitriles is 1. The predicted octanol–water partition coefficient (Wildman–Crippen LogP) is 3.12. The molecular weight excluding hydrogens is 212 g/mol. The molecule has 0 aliphatic rings. The number of hydrogen-bond donors (Lipinski definition) is 0. The molecule has 0 saturated heterocycles. The highest BCUT2D eigenvalue weighted by molar-refractivity contribution is 6.33. The van der Waals surface area contributed by atoms with Crippen LogP contribution >= 0.6 is 11.6 Å². The first-order valence-corrected chi connectivity index (χ1v) is 4.08. The molecule has 14 heavy (non-hydrogen) atoms. The summed E-state index contributed by atoms with van der Waals surface area (Å²) in [4.78, 5) is 0. The Balaban J connectivity index is 3.16. The Hall–Kier alpha value is -1.34. The highest BCUT2D eigenvalue weighted by Gasteiger charge is 2.13. The first-order valence-electron chi connectivity index (χ1n) is 3.70. The van der Waals surface area contributed by atoms with E-state index in [1.165, 1.54) is 12.1 Å². The van der Waals surface area contributed by atoms with Gasteiger partial charge in [0.2, 0.25) is 0 Å². The standard InChI is InChI=1S/C9H6ClF2NO/c1-5-2-3-7(14-9(11)12)8(10)6(5)4-13/h2-3,9H,1H3. The van der Waals surface area contributed by atoms with E-state index in [9.17, 15) is 8.78 Å². The van der Waals surface area contributed by atoms with Crippen LogP contribution in [0.2, 0.25) is 5.02 Å². The molecule has 0 N–H and O–H groups in total. The minimum Gasteiger partial charge on any atom is -0.433 e. The number of ether oxygens (including phenoxy) is 1. The Morgan fingerprint density at radius 1 is 1.50 bits per heavy atom. The van der Waals surface area contributed by atoms with Gasteiger partial charge in [-0.15, -0.1) is 0 Å². The quantitative estimate of drug-likeness (QED) is 0.763. The third-order valence-corrected chi connectivity index (χ3v) is 2.02. The van der Waals surface area contributed by atoms with Crippen LogP contribution in [0.25, 0.3) is 0 Å². The van der Waals surface area contributed by atoms with E-state index in [1.54, 1.807) is 6.92 Å². The van der Waals surface area contributed by atoms with Crippen LogP contribution in [-0.4, -0.2) is 6.61 Å². The zero-order valence-electron chi connectivity index (χ0n) is 7.22. The Bertz CT molecular complexity index is 387. The smallest absolute Gasteiger partial charge is 0.387 e. The zero-order chi connectivity index (χ0) is 10.7. The second-order valence-electron chi connectivity index (χ2n) is 2.56. The summed E-state index contributed by atoms with van der Waals surface area (Å²) in [6.45, 7) is -1.28. The lowest BCUT2D eigenvalue weighted by atomic mass is 10.1. The molecule has 0 amide bonds. The van der Waals surface area contributed by atoms with Gasteiger partial charge in [0.1, 0.15) is 16.8 Å². The van der Waals surface area contributed by atoms with Gasteiger partial charge in [-0.2, -0.15) is 14.0 Å². The minimum absolute atomic E-state index is 0.0761. The molecule has 0 atom stereocenters. The summed E-state index contributed by atoms with van der Waals surface area (Å²) in [6.07, 6.45) is 0. The van der Waals surface area contributed by atoms with Crippen molar-refractivity contribution in [1.82, 2.24) is 0 Å². The molecule has 74 valence electrons. The summed E-state index contributed by atoms with van der Waals surface area (Å²) in [5.41, 5.74) is 0.781. The molecular formula is C9H6ClF2NO. The second kappa shape index (κ2) is 4.25. The van der Waals surface area contributed by atoms with Gasteiger partial charge in [0.25, 0.3) is 0 Å². The fourth-order valence-electron chi connectivity index (χ4n) is 0.978. The molecule has 1 aromatic rings. The monoisotopic (exact) mass is 217 g/mol. The summed E-state index contributed by atoms with van der Waals surface area (Å²) in [7, 11) is 0. The van der Waals surface area contributed by atoms with Crippen LogP contribution in [0, 0.1) is 18.3 Å². The first kappa shape index (κ1) is 10.7. The highest BCUT2D eigenvalue weighted by atomic mass is 35.5. The van der Waals surface area contributed by atoms with Crippen LogP contribution < -0.4 is 4.74 Å². The Morgan fingerprint density at radius 3 is 2.64 bits per heavy atom. The average Bonchev–Trinajstić information content (AvgIpc) is 2.10. The van der Waals surface area contributed by atoms with Gasteiger partial charge in [0, 0.05) is 0 Å². The van der Waals surface area contributed by atoms with Crippen LogP contribution in [0.15, 0.2) is 12.1 Å². The van der Waals surface area contributed by atoms with Crippen molar-refractivity contribution in [3.63, 3.8) is 0 Å². The normalized spacial score (nSPS) is 10.0. The van der Waals surface area contributed by atoms with Crippen LogP contribution in [0.5, 0.6) is 5.75 Å². The molecule has 0 radical (unpaired) electrons. The van der Waals surface area contributed by atoms with Gasteiger partial charge in [0.05, 0.1) is 5.56 Å². The van der Waals surface area contributed by atoms with Crippen LogP contribution in [-0.2, 0) is 0 Å². The Kier molecular flexibility index (Phi) is 3.26. The number of nitrogens with zero attached hydrogens (tertiary/aromatic N) is 1. The molecule has 0 aliphatic carbocycles. The van der Waals surface area contributed by atoms with Gasteiger partial charge >= 0.3 is 6.61 Å². The first-order chi connectivity index (χ1) is 6.56. The summed E-state index contributed by atoms with van der Waals surface area (Å²) in [5.74, 6) is -0.177. The zero-order valence-corrected chi connectivity index (χ0v) is 7.98. The molecule has 0 unspecified atom stereocenters. The van der Waals surface area contributed by atoms with E-state index in [4.69, 9.17) is 16.9 Å². The van der Waals surface area contributed by atoms with E-state index in [0.29, 0.717) is 5.56 Å². The second-order valence-corrected chi connectivity index (χ2v) is 2.94. The van der Waals surface area contributed by atoms with Crippen molar-refractivity contribution < 1.29 is 13.5 Å². The summed E-state index contributed by atoms with van der Waals surface area (Å²) < 4.78 is 27.9. The maximum absolute atomic E-state index is 11.9. The summed E-state index contributed by atoms with van der Waals surface area (Å²) in [5, 5.41) is 8.60. The van der Waals surface area contributed by atoms with Gasteiger partial charge < -0.3 is 4.74 Å². The lowest BCUT2D eigenvalue weighted by molar-refractivity contribution is -0.0498. The third-order valence-electron chi connectivity index (χ3n) is 1.64. The average molecular weight is 218 g/mol. The van der Waals surface area contributed by atoms with E-state index in [-0.39, 0.29) is 16.3 Å². The molecule has 0 aromatic heterocycles. The fraction of sp³-hybridized carbons (Fsp3) is 0.222. The largest absolute Gasteiger partial charge is 0.433 e. The van der Waals surface area contributed by atoms with Gasteiger partial charge in [-0.3, -0.25) is 0 Å². The highest BCUT2D eigenvalue weighted by Crippen LogP contribution is 2.30. The molecule has 0 fully saturated rings. The Morgan fingerprint density at radius 2 is 2.14 bits per heavy atom. The molecule has 0 bridgehead atoms. The van der Waals surface area contributed by atoms with Crippen molar-refractivity contribution in [2.45, 2.75) is 13.5 Å². The van der Waals surface area contributed by atoms with Crippen molar-refractivity contribution in [1.29, 1.82) is 5.26 Å². The number of rotatable bonds is 2. The third kappa shape index (κ3) is 2.12. The van der Waals surface area contributed by atoms with E-state index < -0.39 is 6.61 Å².